The molecule has 0 atom stereocenters. The quantitative estimate of drug-likeness (QED) is 0.385. The molecule has 2 aliphatic heterocycles. The summed E-state index contributed by atoms with van der Waals surface area (Å²) in [5.74, 6) is 0. The molecular formula is C6H10I2N4. The molecule has 68 valence electrons. The predicted molar refractivity (Wildman–Crippen MR) is 39.1 cm³/mol. The summed E-state index contributed by atoms with van der Waals surface area (Å²) in [4.78, 5) is 7.44. The Morgan fingerprint density at radius 2 is 1.17 bits per heavy atom. The molecule has 2 heterocycles. The Labute approximate surface area is 105 Å². The number of aliphatic imine (C=N–C) groups is 2. The van der Waals surface area contributed by atoms with E-state index in [9.17, 15) is 0 Å². The van der Waals surface area contributed by atoms with Crippen LogP contribution in [0.1, 0.15) is 0 Å². The summed E-state index contributed by atoms with van der Waals surface area (Å²) < 4.78 is 0. The van der Waals surface area contributed by atoms with Gasteiger partial charge >= 0.3 is 0 Å². The molecule has 6 heteroatoms. The molecule has 0 radical (unpaired) electrons. The highest BCUT2D eigenvalue weighted by Gasteiger charge is 1.76. The average molecular weight is 392 g/mol. The minimum absolute atomic E-state index is 0. The highest BCUT2D eigenvalue weighted by Crippen LogP contribution is 1.63. The number of quaternary nitrogens is 2. The fourth-order valence-corrected chi connectivity index (χ4v) is 0.497. The van der Waals surface area contributed by atoms with Crippen molar-refractivity contribution in [2.75, 3.05) is 0 Å². The van der Waals surface area contributed by atoms with E-state index in [4.69, 9.17) is 0 Å². The van der Waals surface area contributed by atoms with Crippen LogP contribution in [0.3, 0.4) is 0 Å². The number of nitrogens with two attached hydrogens (primary N) is 2. The van der Waals surface area contributed by atoms with E-state index in [1.807, 2.05) is 23.0 Å². The van der Waals surface area contributed by atoms with Gasteiger partial charge in [0.1, 0.15) is 12.4 Å². The van der Waals surface area contributed by atoms with Crippen molar-refractivity contribution in [1.82, 2.24) is 0 Å². The largest absolute Gasteiger partial charge is 1.00 e. The Kier molecular flexibility index (Phi) is 13.7. The highest BCUT2D eigenvalue weighted by molar-refractivity contribution is 5.45. The van der Waals surface area contributed by atoms with Gasteiger partial charge in [-0.2, -0.15) is 0 Å². The van der Waals surface area contributed by atoms with Crippen molar-refractivity contribution >= 4 is 12.7 Å². The van der Waals surface area contributed by atoms with Crippen molar-refractivity contribution in [3.8, 4) is 0 Å². The molecule has 0 aromatic carbocycles. The Balaban J connectivity index is 0. The van der Waals surface area contributed by atoms with E-state index >= 15 is 0 Å². The molecule has 0 amide bonds. The smallest absolute Gasteiger partial charge is 0.191 e. The van der Waals surface area contributed by atoms with Crippen LogP contribution in [0.15, 0.2) is 34.8 Å². The molecular weight excluding hydrogens is 382 g/mol. The van der Waals surface area contributed by atoms with Crippen LogP contribution in [0.25, 0.3) is 0 Å². The summed E-state index contributed by atoms with van der Waals surface area (Å²) in [6, 6.07) is 0. The first-order valence-corrected chi connectivity index (χ1v) is 3.03. The summed E-state index contributed by atoms with van der Waals surface area (Å²) in [5, 5.41) is 3.78. The fourth-order valence-electron chi connectivity index (χ4n) is 0.497. The van der Waals surface area contributed by atoms with Crippen LogP contribution in [0, 0.1) is 0 Å². The fraction of sp³-hybridized carbons (Fsp3) is 0. The highest BCUT2D eigenvalue weighted by atomic mass is 127. The van der Waals surface area contributed by atoms with Gasteiger partial charge in [-0.05, 0) is 0 Å². The summed E-state index contributed by atoms with van der Waals surface area (Å²) in [6.07, 6.45) is 10.8. The molecule has 4 N–H and O–H groups in total. The van der Waals surface area contributed by atoms with Crippen LogP contribution in [0.5, 0.6) is 0 Å². The number of rotatable bonds is 0. The zero-order valence-electron chi connectivity index (χ0n) is 6.27. The maximum absolute atomic E-state index is 3.72. The van der Waals surface area contributed by atoms with E-state index in [1.165, 1.54) is 0 Å². The first kappa shape index (κ1) is 14.7. The topological polar surface area (TPSA) is 57.9 Å². The molecule has 0 aliphatic carbocycles. The molecule has 0 saturated carbocycles. The third-order valence-electron chi connectivity index (χ3n) is 0.911. The predicted octanol–water partition coefficient (Wildman–Crippen LogP) is -7.87. The number of halogens is 2. The second-order valence-electron chi connectivity index (χ2n) is 1.66. The lowest BCUT2D eigenvalue weighted by atomic mass is 11.0. The molecule has 2 rings (SSSR count). The van der Waals surface area contributed by atoms with Crippen molar-refractivity contribution in [2.45, 2.75) is 0 Å². The molecule has 2 aliphatic rings. The number of hydrogen-bond donors (Lipinski definition) is 2. The molecule has 0 fully saturated rings. The van der Waals surface area contributed by atoms with Crippen LogP contribution in [0.4, 0.5) is 0 Å². The number of nitrogens with zero attached hydrogens (tertiary/aromatic N) is 2. The van der Waals surface area contributed by atoms with Gasteiger partial charge in [-0.3, -0.25) is 10.6 Å². The summed E-state index contributed by atoms with van der Waals surface area (Å²) in [6.45, 7) is 0. The van der Waals surface area contributed by atoms with E-state index < -0.39 is 0 Å². The Morgan fingerprint density at radius 3 is 1.25 bits per heavy atom. The van der Waals surface area contributed by atoms with E-state index in [0.717, 1.165) is 0 Å². The van der Waals surface area contributed by atoms with Gasteiger partial charge in [0.15, 0.2) is 12.7 Å². The minimum Gasteiger partial charge on any atom is -1.00 e. The minimum atomic E-state index is 0. The first-order valence-electron chi connectivity index (χ1n) is 3.03. The van der Waals surface area contributed by atoms with Crippen molar-refractivity contribution in [3.63, 3.8) is 0 Å². The van der Waals surface area contributed by atoms with Crippen molar-refractivity contribution < 1.29 is 58.6 Å². The lowest BCUT2D eigenvalue weighted by Gasteiger charge is -1.58. The maximum atomic E-state index is 3.72. The molecule has 0 aromatic rings. The Hall–Kier alpha value is 0.200. The summed E-state index contributed by atoms with van der Waals surface area (Å²) in [5.41, 5.74) is 0. The number of hydrogen-bond acceptors (Lipinski definition) is 2. The lowest BCUT2D eigenvalue weighted by molar-refractivity contribution is -0.447. The zero-order valence-corrected chi connectivity index (χ0v) is 10.6. The maximum Gasteiger partial charge on any atom is 0.191 e. The van der Waals surface area contributed by atoms with Crippen LogP contribution in [-0.4, -0.2) is 12.7 Å². The standard InChI is InChI=1S/2C3H4N2.2HI/c2*1-2-5-3-4-1;;/h2*1-3H,(H,4,5);2*1H. The summed E-state index contributed by atoms with van der Waals surface area (Å²) in [7, 11) is 0. The normalized spacial score (nSPS) is 14.7. The van der Waals surface area contributed by atoms with Gasteiger partial charge in [0.05, 0.1) is 12.4 Å². The molecule has 12 heavy (non-hydrogen) atoms. The SMILES string of the molecule is C1=C[NH2+]C=N1.C1=C[NH2+]C=N1.[I-].[I-]. The second-order valence-corrected chi connectivity index (χ2v) is 1.66. The van der Waals surface area contributed by atoms with E-state index in [2.05, 4.69) is 9.98 Å². The van der Waals surface area contributed by atoms with Gasteiger partial charge in [-0.25, -0.2) is 9.98 Å². The third kappa shape index (κ3) is 8.30. The lowest BCUT2D eigenvalue weighted by Crippen LogP contribution is -3.00. The van der Waals surface area contributed by atoms with Gasteiger partial charge in [-0.1, -0.05) is 0 Å². The molecule has 0 saturated heterocycles. The zero-order chi connectivity index (χ0) is 7.07. The second kappa shape index (κ2) is 11.2. The Morgan fingerprint density at radius 1 is 0.750 bits per heavy atom. The van der Waals surface area contributed by atoms with Gasteiger partial charge in [0.25, 0.3) is 0 Å². The molecule has 0 aromatic heterocycles. The average Bonchev–Trinajstić information content (AvgIpc) is 2.67. The van der Waals surface area contributed by atoms with Crippen LogP contribution >= 0.6 is 0 Å². The van der Waals surface area contributed by atoms with Crippen molar-refractivity contribution in [1.29, 1.82) is 0 Å². The third-order valence-corrected chi connectivity index (χ3v) is 0.911. The van der Waals surface area contributed by atoms with Gasteiger partial charge in [0, 0.05) is 0 Å². The Bertz CT molecular complexity index is 156. The van der Waals surface area contributed by atoms with E-state index in [0.29, 0.717) is 0 Å². The van der Waals surface area contributed by atoms with Crippen LogP contribution in [0.2, 0.25) is 0 Å². The van der Waals surface area contributed by atoms with Crippen LogP contribution < -0.4 is 58.6 Å². The molecule has 0 spiro atoms. The van der Waals surface area contributed by atoms with E-state index in [-0.39, 0.29) is 48.0 Å². The molecule has 4 nitrogen and oxygen atoms in total. The van der Waals surface area contributed by atoms with Gasteiger partial charge in [0.2, 0.25) is 0 Å². The van der Waals surface area contributed by atoms with Gasteiger partial charge < -0.3 is 48.0 Å². The molecule has 0 unspecified atom stereocenters. The van der Waals surface area contributed by atoms with E-state index in [1.54, 1.807) is 25.1 Å². The van der Waals surface area contributed by atoms with Gasteiger partial charge in [-0.15, -0.1) is 0 Å². The van der Waals surface area contributed by atoms with Crippen molar-refractivity contribution in [3.05, 3.63) is 24.8 Å². The van der Waals surface area contributed by atoms with Crippen molar-refractivity contribution in [2.24, 2.45) is 9.98 Å². The van der Waals surface area contributed by atoms with Crippen LogP contribution in [-0.2, 0) is 0 Å². The monoisotopic (exact) mass is 392 g/mol. The summed E-state index contributed by atoms with van der Waals surface area (Å²) >= 11 is 0. The molecule has 0 bridgehead atoms. The first-order chi connectivity index (χ1) is 5.00.